The van der Waals surface area contributed by atoms with Gasteiger partial charge in [0.25, 0.3) is 0 Å². The quantitative estimate of drug-likeness (QED) is 0.876. The van der Waals surface area contributed by atoms with Crippen LogP contribution in [0.4, 0.5) is 5.82 Å². The summed E-state index contributed by atoms with van der Waals surface area (Å²) in [6, 6.07) is 9.03. The van der Waals surface area contributed by atoms with Gasteiger partial charge in [-0.1, -0.05) is 24.3 Å². The van der Waals surface area contributed by atoms with E-state index in [1.54, 1.807) is 24.9 Å². The fraction of sp³-hybridized carbons (Fsp3) is 0.286. The normalized spacial score (nSPS) is 12.4. The van der Waals surface area contributed by atoms with E-state index in [9.17, 15) is 9.90 Å². The number of hydrogen-bond acceptors (Lipinski definition) is 4. The van der Waals surface area contributed by atoms with Crippen molar-refractivity contribution in [1.82, 2.24) is 4.98 Å². The summed E-state index contributed by atoms with van der Waals surface area (Å²) < 4.78 is 0. The van der Waals surface area contributed by atoms with Crippen molar-refractivity contribution < 1.29 is 15.0 Å². The molecule has 0 saturated heterocycles. The van der Waals surface area contributed by atoms with Crippen molar-refractivity contribution in [2.75, 3.05) is 18.5 Å². The first-order chi connectivity index (χ1) is 8.99. The maximum Gasteiger partial charge on any atom is 0.354 e. The predicted molar refractivity (Wildman–Crippen MR) is 73.7 cm³/mol. The van der Waals surface area contributed by atoms with E-state index >= 15 is 0 Å². The van der Waals surface area contributed by atoms with Gasteiger partial charge in [-0.05, 0) is 18.4 Å². The molecule has 5 heteroatoms. The Kier molecular flexibility index (Phi) is 3.66. The molecule has 1 heterocycles. The molecule has 0 fully saturated rings. The molecule has 1 atom stereocenters. The molecule has 1 aromatic carbocycles. The molecule has 0 bridgehead atoms. The highest BCUT2D eigenvalue weighted by Gasteiger charge is 2.14. The number of nitrogens with zero attached hydrogens (tertiary/aromatic N) is 2. The smallest absolute Gasteiger partial charge is 0.354 e. The highest BCUT2D eigenvalue weighted by Crippen LogP contribution is 2.25. The first kappa shape index (κ1) is 13.3. The van der Waals surface area contributed by atoms with Crippen molar-refractivity contribution in [3.8, 4) is 0 Å². The highest BCUT2D eigenvalue weighted by molar-refractivity contribution is 5.97. The predicted octanol–water partition coefficient (Wildman–Crippen LogP) is 1.75. The van der Waals surface area contributed by atoms with E-state index in [1.165, 1.54) is 0 Å². The first-order valence-electron chi connectivity index (χ1n) is 6.01. The van der Waals surface area contributed by atoms with E-state index in [0.29, 0.717) is 12.4 Å². The Hall–Kier alpha value is -2.14. The molecular formula is C14H16N2O3. The van der Waals surface area contributed by atoms with E-state index in [0.717, 1.165) is 10.8 Å². The van der Waals surface area contributed by atoms with Crippen LogP contribution in [0.25, 0.3) is 10.8 Å². The number of rotatable bonds is 4. The third kappa shape index (κ3) is 2.82. The average molecular weight is 260 g/mol. The van der Waals surface area contributed by atoms with Crippen LogP contribution in [-0.4, -0.2) is 40.9 Å². The standard InChI is InChI=1S/C14H16N2O3/c1-9(17)8-16(2)13-11-6-4-3-5-10(11)7-12(15-13)14(18)19/h3-7,9,17H,8H2,1-2H3,(H,18,19). The number of aromatic carboxylic acids is 1. The van der Waals surface area contributed by atoms with Crippen LogP contribution in [-0.2, 0) is 0 Å². The van der Waals surface area contributed by atoms with E-state index in [-0.39, 0.29) is 5.69 Å². The second-order valence-corrected chi connectivity index (χ2v) is 4.59. The van der Waals surface area contributed by atoms with E-state index < -0.39 is 12.1 Å². The average Bonchev–Trinajstić information content (AvgIpc) is 2.36. The molecule has 5 nitrogen and oxygen atoms in total. The largest absolute Gasteiger partial charge is 0.477 e. The lowest BCUT2D eigenvalue weighted by molar-refractivity contribution is 0.0691. The minimum absolute atomic E-state index is 0.00569. The minimum atomic E-state index is -1.06. The van der Waals surface area contributed by atoms with Crippen molar-refractivity contribution in [2.45, 2.75) is 13.0 Å². The van der Waals surface area contributed by atoms with Gasteiger partial charge >= 0.3 is 5.97 Å². The number of aromatic nitrogens is 1. The summed E-state index contributed by atoms with van der Waals surface area (Å²) in [7, 11) is 1.78. The maximum absolute atomic E-state index is 11.1. The molecule has 2 aromatic rings. The Balaban J connectivity index is 2.59. The molecule has 1 unspecified atom stereocenters. The zero-order chi connectivity index (χ0) is 14.0. The van der Waals surface area contributed by atoms with Crippen molar-refractivity contribution in [2.24, 2.45) is 0 Å². The second-order valence-electron chi connectivity index (χ2n) is 4.59. The van der Waals surface area contributed by atoms with Crippen LogP contribution < -0.4 is 4.90 Å². The summed E-state index contributed by atoms with van der Waals surface area (Å²) in [5.41, 5.74) is 0.00569. The van der Waals surface area contributed by atoms with Gasteiger partial charge in [0, 0.05) is 19.0 Å². The number of likely N-dealkylation sites (N-methyl/N-ethyl adjacent to an activating group) is 1. The van der Waals surface area contributed by atoms with Crippen LogP contribution in [0.5, 0.6) is 0 Å². The van der Waals surface area contributed by atoms with Crippen molar-refractivity contribution >= 4 is 22.6 Å². The van der Waals surface area contributed by atoms with Gasteiger partial charge in [-0.2, -0.15) is 0 Å². The number of fused-ring (bicyclic) bond motifs is 1. The lowest BCUT2D eigenvalue weighted by atomic mass is 10.1. The summed E-state index contributed by atoms with van der Waals surface area (Å²) in [5, 5.41) is 20.2. The van der Waals surface area contributed by atoms with Crippen LogP contribution in [0, 0.1) is 0 Å². The topological polar surface area (TPSA) is 73.7 Å². The van der Waals surface area contributed by atoms with Crippen molar-refractivity contribution in [1.29, 1.82) is 0 Å². The Morgan fingerprint density at radius 3 is 2.74 bits per heavy atom. The van der Waals surface area contributed by atoms with Crippen LogP contribution in [0.15, 0.2) is 30.3 Å². The fourth-order valence-corrected chi connectivity index (χ4v) is 2.06. The number of carboxylic acid groups (broad SMARTS) is 1. The second kappa shape index (κ2) is 5.24. The van der Waals surface area contributed by atoms with Gasteiger partial charge in [0.1, 0.15) is 5.82 Å². The molecule has 0 amide bonds. The maximum atomic E-state index is 11.1. The van der Waals surface area contributed by atoms with Gasteiger partial charge in [-0.25, -0.2) is 9.78 Å². The highest BCUT2D eigenvalue weighted by atomic mass is 16.4. The number of carboxylic acids is 1. The molecule has 19 heavy (non-hydrogen) atoms. The Labute approximate surface area is 111 Å². The molecule has 0 aliphatic carbocycles. The van der Waals surface area contributed by atoms with Gasteiger partial charge in [0.15, 0.2) is 5.69 Å². The molecular weight excluding hydrogens is 244 g/mol. The summed E-state index contributed by atoms with van der Waals surface area (Å²) in [6.45, 7) is 2.07. The number of aliphatic hydroxyl groups is 1. The van der Waals surface area contributed by atoms with Gasteiger partial charge in [-0.3, -0.25) is 0 Å². The lowest BCUT2D eigenvalue weighted by Gasteiger charge is -2.21. The molecule has 0 aliphatic heterocycles. The molecule has 0 aliphatic rings. The molecule has 1 aromatic heterocycles. The molecule has 100 valence electrons. The van der Waals surface area contributed by atoms with Gasteiger partial charge in [0.05, 0.1) is 6.10 Å². The SMILES string of the molecule is CC(O)CN(C)c1nc(C(=O)O)cc2ccccc12. The van der Waals surface area contributed by atoms with E-state index in [4.69, 9.17) is 5.11 Å². The molecule has 0 radical (unpaired) electrons. The Morgan fingerprint density at radius 2 is 2.11 bits per heavy atom. The van der Waals surface area contributed by atoms with Crippen LogP contribution >= 0.6 is 0 Å². The van der Waals surface area contributed by atoms with Crippen LogP contribution in [0.1, 0.15) is 17.4 Å². The third-order valence-electron chi connectivity index (χ3n) is 2.84. The van der Waals surface area contributed by atoms with E-state index in [2.05, 4.69) is 4.98 Å². The summed E-state index contributed by atoms with van der Waals surface area (Å²) in [6.07, 6.45) is -0.515. The molecule has 2 N–H and O–H groups in total. The van der Waals surface area contributed by atoms with Crippen LogP contribution in [0.2, 0.25) is 0 Å². The minimum Gasteiger partial charge on any atom is -0.477 e. The number of aliphatic hydroxyl groups excluding tert-OH is 1. The Bertz CT molecular complexity index is 611. The third-order valence-corrected chi connectivity index (χ3v) is 2.84. The summed E-state index contributed by atoms with van der Waals surface area (Å²) >= 11 is 0. The number of anilines is 1. The monoisotopic (exact) mass is 260 g/mol. The Morgan fingerprint density at radius 1 is 1.42 bits per heavy atom. The fourth-order valence-electron chi connectivity index (χ4n) is 2.06. The number of benzene rings is 1. The van der Waals surface area contributed by atoms with Crippen LogP contribution in [0.3, 0.4) is 0 Å². The van der Waals surface area contributed by atoms with Gasteiger partial charge in [0.2, 0.25) is 0 Å². The molecule has 0 saturated carbocycles. The van der Waals surface area contributed by atoms with Gasteiger partial charge < -0.3 is 15.1 Å². The zero-order valence-corrected chi connectivity index (χ0v) is 10.9. The number of pyridine rings is 1. The van der Waals surface area contributed by atoms with E-state index in [1.807, 2.05) is 24.3 Å². The van der Waals surface area contributed by atoms with Crippen molar-refractivity contribution in [3.05, 3.63) is 36.0 Å². The number of carbonyl (C=O) groups is 1. The summed E-state index contributed by atoms with van der Waals surface area (Å²) in [4.78, 5) is 17.0. The molecule has 0 spiro atoms. The first-order valence-corrected chi connectivity index (χ1v) is 6.01. The zero-order valence-electron chi connectivity index (χ0n) is 10.9. The molecule has 2 rings (SSSR count). The van der Waals surface area contributed by atoms with Gasteiger partial charge in [-0.15, -0.1) is 0 Å². The lowest BCUT2D eigenvalue weighted by Crippen LogP contribution is -2.28. The van der Waals surface area contributed by atoms with Crippen molar-refractivity contribution in [3.63, 3.8) is 0 Å². The number of hydrogen-bond donors (Lipinski definition) is 2. The summed E-state index contributed by atoms with van der Waals surface area (Å²) in [5.74, 6) is -0.492.